The zero-order valence-corrected chi connectivity index (χ0v) is 18.2. The molecule has 0 aliphatic heterocycles. The van der Waals surface area contributed by atoms with E-state index in [0.29, 0.717) is 6.42 Å². The monoisotopic (exact) mass is 410 g/mol. The maximum Gasteiger partial charge on any atom is 0.220 e. The molecule has 0 aromatic carbocycles. The van der Waals surface area contributed by atoms with E-state index in [1.54, 1.807) is 0 Å². The van der Waals surface area contributed by atoms with Crippen LogP contribution in [-0.2, 0) is 9.59 Å². The van der Waals surface area contributed by atoms with E-state index in [4.69, 9.17) is 5.73 Å². The van der Waals surface area contributed by atoms with Crippen LogP contribution in [0.1, 0.15) is 96.8 Å². The summed E-state index contributed by atoms with van der Waals surface area (Å²) in [6, 6.07) is -0.854. The molecule has 0 rings (SSSR count). The van der Waals surface area contributed by atoms with Gasteiger partial charge < -0.3 is 21.3 Å². The predicted molar refractivity (Wildman–Crippen MR) is 118 cm³/mol. The van der Waals surface area contributed by atoms with Crippen molar-refractivity contribution in [1.82, 2.24) is 5.32 Å². The zero-order valence-electron chi connectivity index (χ0n) is 18.2. The highest BCUT2D eigenvalue weighted by atomic mass is 16.5. The highest BCUT2D eigenvalue weighted by molar-refractivity contribution is 5.76. The molecule has 5 N–H and O–H groups in total. The number of aliphatic hydroxyl groups excluding tert-OH is 1. The molecule has 0 heterocycles. The molecule has 0 spiro atoms. The number of amides is 2. The third-order valence-corrected chi connectivity index (χ3v) is 4.76. The minimum Gasteiger partial charge on any atom is -0.370 e. The quantitative estimate of drug-likeness (QED) is 0.147. The average Bonchev–Trinajstić information content (AvgIpc) is 2.67. The Balaban J connectivity index is 3.60. The molecule has 1 atom stereocenters. The number of primary amides is 1. The van der Waals surface area contributed by atoms with Gasteiger partial charge in [0.05, 0.1) is 6.04 Å². The average molecular weight is 411 g/mol. The number of carbonyl (C=O) groups is 2. The van der Waals surface area contributed by atoms with Gasteiger partial charge in [-0.15, -0.1) is 0 Å². The smallest absolute Gasteiger partial charge is 0.220 e. The van der Waals surface area contributed by atoms with Crippen molar-refractivity contribution < 1.29 is 19.8 Å². The first kappa shape index (κ1) is 27.3. The molecule has 6 nitrogen and oxygen atoms in total. The SMILES string of the molecule is CCCCC/C=C\C/C=C\CCCCCCCC(=O)NC(CCC(N)=O)C(O)O. The van der Waals surface area contributed by atoms with Crippen LogP contribution in [0.4, 0.5) is 0 Å². The molecule has 29 heavy (non-hydrogen) atoms. The number of rotatable bonds is 19. The Hall–Kier alpha value is -1.66. The van der Waals surface area contributed by atoms with E-state index in [2.05, 4.69) is 36.5 Å². The Morgan fingerprint density at radius 1 is 0.862 bits per heavy atom. The van der Waals surface area contributed by atoms with Gasteiger partial charge in [-0.1, -0.05) is 63.3 Å². The molecule has 1 unspecified atom stereocenters. The summed E-state index contributed by atoms with van der Waals surface area (Å²) in [7, 11) is 0. The fourth-order valence-corrected chi connectivity index (χ4v) is 2.97. The van der Waals surface area contributed by atoms with Gasteiger partial charge in [-0.2, -0.15) is 0 Å². The third kappa shape index (κ3) is 19.4. The van der Waals surface area contributed by atoms with E-state index < -0.39 is 18.2 Å². The summed E-state index contributed by atoms with van der Waals surface area (Å²) in [5.41, 5.74) is 5.05. The zero-order chi connectivity index (χ0) is 21.7. The van der Waals surface area contributed by atoms with Crippen molar-refractivity contribution in [2.75, 3.05) is 0 Å². The number of nitrogens with two attached hydrogens (primary N) is 1. The molecular weight excluding hydrogens is 368 g/mol. The summed E-state index contributed by atoms with van der Waals surface area (Å²) in [4.78, 5) is 22.7. The molecule has 0 bridgehead atoms. The maximum atomic E-state index is 11.9. The normalized spacial score (nSPS) is 12.8. The lowest BCUT2D eigenvalue weighted by Gasteiger charge is -2.19. The first-order valence-electron chi connectivity index (χ1n) is 11.2. The number of nitrogens with one attached hydrogen (secondary N) is 1. The first-order valence-corrected chi connectivity index (χ1v) is 11.2. The fourth-order valence-electron chi connectivity index (χ4n) is 2.97. The van der Waals surface area contributed by atoms with Gasteiger partial charge in [0.25, 0.3) is 0 Å². The summed E-state index contributed by atoms with van der Waals surface area (Å²) < 4.78 is 0. The summed E-state index contributed by atoms with van der Waals surface area (Å²) in [5, 5.41) is 21.1. The second-order valence-electron chi connectivity index (χ2n) is 7.57. The summed E-state index contributed by atoms with van der Waals surface area (Å²) in [6.45, 7) is 2.22. The molecule has 0 saturated heterocycles. The molecule has 0 aromatic rings. The molecule has 0 aliphatic carbocycles. The molecule has 0 aliphatic rings. The van der Waals surface area contributed by atoms with E-state index in [0.717, 1.165) is 44.9 Å². The lowest BCUT2D eigenvalue weighted by Crippen LogP contribution is -2.43. The van der Waals surface area contributed by atoms with Crippen molar-refractivity contribution >= 4 is 11.8 Å². The van der Waals surface area contributed by atoms with E-state index in [1.807, 2.05) is 0 Å². The number of aliphatic hydroxyl groups is 2. The summed E-state index contributed by atoms with van der Waals surface area (Å²) in [6.07, 6.45) is 20.1. The van der Waals surface area contributed by atoms with Gasteiger partial charge in [0.1, 0.15) is 0 Å². The second-order valence-corrected chi connectivity index (χ2v) is 7.57. The van der Waals surface area contributed by atoms with E-state index in [1.165, 1.54) is 25.7 Å². The standard InChI is InChI=1S/C23H42N2O4/c1-2-3-4-5-6-7-8-9-10-11-12-13-14-15-16-17-22(27)25-20(23(28)29)18-19-21(24)26/h6-7,9-10,20,23,28-29H,2-5,8,11-19H2,1H3,(H2,24,26)(H,25,27)/b7-6-,10-9-. The topological polar surface area (TPSA) is 113 Å². The molecular formula is C23H42N2O4. The van der Waals surface area contributed by atoms with Gasteiger partial charge in [0.15, 0.2) is 6.29 Å². The third-order valence-electron chi connectivity index (χ3n) is 4.76. The van der Waals surface area contributed by atoms with E-state index in [9.17, 15) is 19.8 Å². The van der Waals surface area contributed by atoms with Gasteiger partial charge in [-0.25, -0.2) is 0 Å². The Labute approximate surface area is 176 Å². The van der Waals surface area contributed by atoms with Crippen molar-refractivity contribution in [3.8, 4) is 0 Å². The highest BCUT2D eigenvalue weighted by Crippen LogP contribution is 2.09. The minimum absolute atomic E-state index is 0.00621. The predicted octanol–water partition coefficient (Wildman–Crippen LogP) is 3.86. The van der Waals surface area contributed by atoms with Gasteiger partial charge in [-0.05, 0) is 44.9 Å². The Morgan fingerprint density at radius 2 is 1.45 bits per heavy atom. The van der Waals surface area contributed by atoms with Gasteiger partial charge >= 0.3 is 0 Å². The van der Waals surface area contributed by atoms with Crippen LogP contribution in [0.5, 0.6) is 0 Å². The highest BCUT2D eigenvalue weighted by Gasteiger charge is 2.19. The van der Waals surface area contributed by atoms with Crippen molar-refractivity contribution in [2.45, 2.75) is 109 Å². The Morgan fingerprint density at radius 3 is 2.03 bits per heavy atom. The Kier molecular flexibility index (Phi) is 18.5. The van der Waals surface area contributed by atoms with Crippen LogP contribution in [0.15, 0.2) is 24.3 Å². The molecule has 6 heteroatoms. The van der Waals surface area contributed by atoms with Gasteiger partial charge in [0, 0.05) is 12.8 Å². The molecule has 0 aromatic heterocycles. The van der Waals surface area contributed by atoms with Crippen LogP contribution in [0, 0.1) is 0 Å². The molecule has 168 valence electrons. The number of hydrogen-bond donors (Lipinski definition) is 4. The lowest BCUT2D eigenvalue weighted by molar-refractivity contribution is -0.128. The molecule has 2 amide bonds. The number of unbranched alkanes of at least 4 members (excludes halogenated alkanes) is 8. The summed E-state index contributed by atoms with van der Waals surface area (Å²) >= 11 is 0. The van der Waals surface area contributed by atoms with Crippen LogP contribution in [-0.4, -0.2) is 34.4 Å². The van der Waals surface area contributed by atoms with Crippen LogP contribution >= 0.6 is 0 Å². The maximum absolute atomic E-state index is 11.9. The largest absolute Gasteiger partial charge is 0.370 e. The van der Waals surface area contributed by atoms with Crippen LogP contribution in [0.3, 0.4) is 0 Å². The number of carbonyl (C=O) groups excluding carboxylic acids is 2. The molecule has 0 radical (unpaired) electrons. The van der Waals surface area contributed by atoms with E-state index >= 15 is 0 Å². The van der Waals surface area contributed by atoms with E-state index in [-0.39, 0.29) is 18.7 Å². The number of allylic oxidation sites excluding steroid dienone is 4. The molecule has 0 saturated carbocycles. The van der Waals surface area contributed by atoms with Crippen LogP contribution < -0.4 is 11.1 Å². The summed E-state index contributed by atoms with van der Waals surface area (Å²) in [5.74, 6) is -0.753. The second kappa shape index (κ2) is 19.6. The Bertz CT molecular complexity index is 475. The van der Waals surface area contributed by atoms with Crippen molar-refractivity contribution in [3.63, 3.8) is 0 Å². The van der Waals surface area contributed by atoms with Crippen molar-refractivity contribution in [1.29, 1.82) is 0 Å². The van der Waals surface area contributed by atoms with Crippen LogP contribution in [0.2, 0.25) is 0 Å². The minimum atomic E-state index is -1.69. The first-order chi connectivity index (χ1) is 14.0. The van der Waals surface area contributed by atoms with Gasteiger partial charge in [-0.3, -0.25) is 9.59 Å². The molecule has 0 fully saturated rings. The van der Waals surface area contributed by atoms with Gasteiger partial charge in [0.2, 0.25) is 11.8 Å². The lowest BCUT2D eigenvalue weighted by atomic mass is 10.1. The fraction of sp³-hybridized carbons (Fsp3) is 0.739. The number of hydrogen-bond acceptors (Lipinski definition) is 4. The van der Waals surface area contributed by atoms with Crippen LogP contribution in [0.25, 0.3) is 0 Å². The van der Waals surface area contributed by atoms with Crippen molar-refractivity contribution in [3.05, 3.63) is 24.3 Å². The van der Waals surface area contributed by atoms with Crippen molar-refractivity contribution in [2.24, 2.45) is 5.73 Å².